The number of sulfonamides is 1. The molecule has 3 rings (SSSR count). The van der Waals surface area contributed by atoms with Gasteiger partial charge in [0.1, 0.15) is 11.8 Å². The molecule has 10 heteroatoms. The fraction of sp³-hybridized carbons (Fsp3) is 0.222. The minimum atomic E-state index is -3.83. The van der Waals surface area contributed by atoms with Gasteiger partial charge in [0.05, 0.1) is 10.5 Å². The molecular weight excluding hydrogens is 406 g/mol. The van der Waals surface area contributed by atoms with Crippen LogP contribution in [-0.4, -0.2) is 42.2 Å². The maximum absolute atomic E-state index is 12.8. The van der Waals surface area contributed by atoms with Crippen molar-refractivity contribution in [3.8, 4) is 5.75 Å². The van der Waals surface area contributed by atoms with Gasteiger partial charge in [0.25, 0.3) is 11.8 Å². The first-order valence-electron chi connectivity index (χ1n) is 8.46. The maximum Gasteiger partial charge on any atom is 0.273 e. The number of halogens is 1. The largest absolute Gasteiger partial charge is 0.507 e. The Labute approximate surface area is 167 Å². The van der Waals surface area contributed by atoms with E-state index in [9.17, 15) is 23.1 Å². The Morgan fingerprint density at radius 3 is 2.54 bits per heavy atom. The van der Waals surface area contributed by atoms with E-state index in [0.29, 0.717) is 12.8 Å². The molecule has 0 saturated carbocycles. The molecule has 1 saturated heterocycles. The summed E-state index contributed by atoms with van der Waals surface area (Å²) in [6.45, 7) is 0.207. The van der Waals surface area contributed by atoms with Gasteiger partial charge in [-0.2, -0.15) is 4.31 Å². The summed E-state index contributed by atoms with van der Waals surface area (Å²) in [6.07, 6.45) is 0.851. The van der Waals surface area contributed by atoms with Crippen LogP contribution in [0.4, 0.5) is 0 Å². The van der Waals surface area contributed by atoms with Crippen LogP contribution in [0.15, 0.2) is 53.4 Å². The Morgan fingerprint density at radius 1 is 1.11 bits per heavy atom. The van der Waals surface area contributed by atoms with Crippen molar-refractivity contribution in [3.05, 3.63) is 59.1 Å². The van der Waals surface area contributed by atoms with E-state index in [0.717, 1.165) is 4.31 Å². The normalized spacial score (nSPS) is 17.2. The molecule has 2 amide bonds. The molecule has 1 aliphatic heterocycles. The average Bonchev–Trinajstić information content (AvgIpc) is 3.19. The fourth-order valence-electron chi connectivity index (χ4n) is 2.98. The van der Waals surface area contributed by atoms with Crippen molar-refractivity contribution in [2.24, 2.45) is 0 Å². The van der Waals surface area contributed by atoms with E-state index in [4.69, 9.17) is 11.6 Å². The van der Waals surface area contributed by atoms with Gasteiger partial charge in [-0.3, -0.25) is 20.4 Å². The predicted octanol–water partition coefficient (Wildman–Crippen LogP) is 1.66. The number of hydrazine groups is 1. The smallest absolute Gasteiger partial charge is 0.273 e. The molecule has 0 spiro atoms. The Bertz CT molecular complexity index is 998. The number of carbonyl (C=O) groups excluding carboxylic acids is 2. The molecule has 2 aromatic rings. The molecule has 0 radical (unpaired) electrons. The van der Waals surface area contributed by atoms with Crippen LogP contribution in [0.5, 0.6) is 5.75 Å². The van der Waals surface area contributed by atoms with Crippen LogP contribution < -0.4 is 10.9 Å². The highest BCUT2D eigenvalue weighted by Gasteiger charge is 2.39. The first-order chi connectivity index (χ1) is 13.3. The number of hydrogen-bond acceptors (Lipinski definition) is 5. The lowest BCUT2D eigenvalue weighted by molar-refractivity contribution is -0.125. The van der Waals surface area contributed by atoms with Gasteiger partial charge in [0, 0.05) is 11.6 Å². The quantitative estimate of drug-likeness (QED) is 0.647. The lowest BCUT2D eigenvalue weighted by Gasteiger charge is -2.23. The van der Waals surface area contributed by atoms with Crippen LogP contribution in [0.1, 0.15) is 23.2 Å². The summed E-state index contributed by atoms with van der Waals surface area (Å²) >= 11 is 5.80. The summed E-state index contributed by atoms with van der Waals surface area (Å²) in [6, 6.07) is 10.8. The first kappa shape index (κ1) is 20.1. The van der Waals surface area contributed by atoms with Crippen LogP contribution in [0.3, 0.4) is 0 Å². The zero-order chi connectivity index (χ0) is 20.3. The molecule has 0 aromatic heterocycles. The highest BCUT2D eigenvalue weighted by molar-refractivity contribution is 7.89. The van der Waals surface area contributed by atoms with Crippen LogP contribution in [0, 0.1) is 0 Å². The zero-order valence-corrected chi connectivity index (χ0v) is 16.2. The monoisotopic (exact) mass is 423 g/mol. The standard InChI is InChI=1S/C18H18ClN3O5S/c19-12-8-9-16(23)14(11-12)17(24)20-21-18(25)15-7-4-10-22(15)28(26,27)13-5-2-1-3-6-13/h1-3,5-6,8-9,11,15,23H,4,7,10H2,(H,20,24)(H,21,25). The predicted molar refractivity (Wildman–Crippen MR) is 102 cm³/mol. The molecule has 2 aromatic carbocycles. The molecule has 1 unspecified atom stereocenters. The number of phenolic OH excluding ortho intramolecular Hbond substituents is 1. The molecule has 3 N–H and O–H groups in total. The molecule has 1 fully saturated rings. The average molecular weight is 424 g/mol. The van der Waals surface area contributed by atoms with Gasteiger partial charge in [-0.1, -0.05) is 29.8 Å². The fourth-order valence-corrected chi connectivity index (χ4v) is 4.83. The number of rotatable bonds is 4. The number of nitrogens with zero attached hydrogens (tertiary/aromatic N) is 1. The number of amides is 2. The minimum absolute atomic E-state index is 0.0996. The number of benzene rings is 2. The van der Waals surface area contributed by atoms with Crippen molar-refractivity contribution in [1.82, 2.24) is 15.2 Å². The summed E-state index contributed by atoms with van der Waals surface area (Å²) in [5.74, 6) is -1.74. The van der Waals surface area contributed by atoms with Gasteiger partial charge >= 0.3 is 0 Å². The van der Waals surface area contributed by atoms with E-state index >= 15 is 0 Å². The summed E-state index contributed by atoms with van der Waals surface area (Å²) < 4.78 is 26.7. The topological polar surface area (TPSA) is 116 Å². The molecule has 1 heterocycles. The van der Waals surface area contributed by atoms with E-state index in [2.05, 4.69) is 10.9 Å². The van der Waals surface area contributed by atoms with Crippen molar-refractivity contribution in [1.29, 1.82) is 0 Å². The molecule has 28 heavy (non-hydrogen) atoms. The maximum atomic E-state index is 12.8. The van der Waals surface area contributed by atoms with Gasteiger partial charge in [-0.15, -0.1) is 0 Å². The Balaban J connectivity index is 1.70. The summed E-state index contributed by atoms with van der Waals surface area (Å²) in [7, 11) is -3.83. The summed E-state index contributed by atoms with van der Waals surface area (Å²) in [5, 5.41) is 9.98. The second-order valence-electron chi connectivity index (χ2n) is 6.19. The van der Waals surface area contributed by atoms with Crippen molar-refractivity contribution in [2.45, 2.75) is 23.8 Å². The minimum Gasteiger partial charge on any atom is -0.507 e. The highest BCUT2D eigenvalue weighted by Crippen LogP contribution is 2.26. The zero-order valence-electron chi connectivity index (χ0n) is 14.6. The van der Waals surface area contributed by atoms with Gasteiger partial charge < -0.3 is 5.11 Å². The molecule has 8 nitrogen and oxygen atoms in total. The van der Waals surface area contributed by atoms with E-state index < -0.39 is 27.9 Å². The third kappa shape index (κ3) is 4.11. The second-order valence-corrected chi connectivity index (χ2v) is 8.52. The van der Waals surface area contributed by atoms with Crippen LogP contribution in [0.25, 0.3) is 0 Å². The van der Waals surface area contributed by atoms with E-state index in [1.807, 2.05) is 0 Å². The SMILES string of the molecule is O=C(NNC(=O)C1CCCN1S(=O)(=O)c1ccccc1)c1cc(Cl)ccc1O. The van der Waals surface area contributed by atoms with Crippen LogP contribution >= 0.6 is 11.6 Å². The Kier molecular flexibility index (Phi) is 5.87. The van der Waals surface area contributed by atoms with Crippen LogP contribution in [-0.2, 0) is 14.8 Å². The van der Waals surface area contributed by atoms with E-state index in [1.165, 1.54) is 30.3 Å². The lowest BCUT2D eigenvalue weighted by atomic mass is 10.2. The van der Waals surface area contributed by atoms with E-state index in [1.54, 1.807) is 18.2 Å². The molecule has 0 bridgehead atoms. The first-order valence-corrected chi connectivity index (χ1v) is 10.3. The lowest BCUT2D eigenvalue weighted by Crippen LogP contribution is -2.51. The second kappa shape index (κ2) is 8.17. The molecule has 0 aliphatic carbocycles. The summed E-state index contributed by atoms with van der Waals surface area (Å²) in [4.78, 5) is 24.8. The number of hydrogen-bond donors (Lipinski definition) is 3. The highest BCUT2D eigenvalue weighted by atomic mass is 35.5. The van der Waals surface area contributed by atoms with Gasteiger partial charge in [0.15, 0.2) is 0 Å². The number of aromatic hydroxyl groups is 1. The number of carbonyl (C=O) groups is 2. The molecule has 1 aliphatic rings. The van der Waals surface area contributed by atoms with Crippen molar-refractivity contribution in [3.63, 3.8) is 0 Å². The van der Waals surface area contributed by atoms with Crippen molar-refractivity contribution in [2.75, 3.05) is 6.54 Å². The van der Waals surface area contributed by atoms with Crippen molar-refractivity contribution < 1.29 is 23.1 Å². The molecule has 148 valence electrons. The van der Waals surface area contributed by atoms with Crippen molar-refractivity contribution >= 4 is 33.4 Å². The molecule has 1 atom stereocenters. The van der Waals surface area contributed by atoms with Crippen LogP contribution in [0.2, 0.25) is 5.02 Å². The molecular formula is C18H18ClN3O5S. The van der Waals surface area contributed by atoms with Gasteiger partial charge in [0.2, 0.25) is 10.0 Å². The number of nitrogens with one attached hydrogen (secondary N) is 2. The Hall–Kier alpha value is -2.62. The third-order valence-corrected chi connectivity index (χ3v) is 6.52. The summed E-state index contributed by atoms with van der Waals surface area (Å²) in [5.41, 5.74) is 4.28. The van der Waals surface area contributed by atoms with Gasteiger partial charge in [-0.05, 0) is 43.2 Å². The van der Waals surface area contributed by atoms with Gasteiger partial charge in [-0.25, -0.2) is 8.42 Å². The third-order valence-electron chi connectivity index (χ3n) is 4.36. The van der Waals surface area contributed by atoms with E-state index in [-0.39, 0.29) is 27.8 Å². The number of phenols is 1. The Morgan fingerprint density at radius 2 is 1.82 bits per heavy atom.